The number of amides is 1. The average Bonchev–Trinajstić information content (AvgIpc) is 3.17. The maximum atomic E-state index is 12.5. The molecule has 0 aliphatic heterocycles. The minimum atomic E-state index is -0.271. The molecule has 0 saturated heterocycles. The molecule has 1 heterocycles. The van der Waals surface area contributed by atoms with Crippen LogP contribution in [0.5, 0.6) is 5.75 Å². The third-order valence-electron chi connectivity index (χ3n) is 5.26. The van der Waals surface area contributed by atoms with Crippen molar-refractivity contribution in [2.75, 3.05) is 0 Å². The molecule has 0 bridgehead atoms. The summed E-state index contributed by atoms with van der Waals surface area (Å²) in [5, 5.41) is 4.13. The highest BCUT2D eigenvalue weighted by Crippen LogP contribution is 2.19. The molecule has 1 amide bonds. The number of rotatable bonds is 7. The number of aromatic nitrogens is 1. The molecule has 0 saturated carbocycles. The van der Waals surface area contributed by atoms with Crippen LogP contribution in [0, 0.1) is 13.8 Å². The van der Waals surface area contributed by atoms with Crippen LogP contribution in [0.25, 0.3) is 5.69 Å². The SMILES string of the molecule is Cc1ccc(C)n1-c1ccc(C(=O)N/N=C/c2ccccc2OCc2ccc(Br)cc2)cc1. The van der Waals surface area contributed by atoms with Crippen molar-refractivity contribution in [2.24, 2.45) is 5.10 Å². The third-order valence-corrected chi connectivity index (χ3v) is 5.78. The zero-order chi connectivity index (χ0) is 23.2. The van der Waals surface area contributed by atoms with Crippen LogP contribution in [0.15, 0.2) is 94.5 Å². The van der Waals surface area contributed by atoms with Crippen molar-refractivity contribution in [3.63, 3.8) is 0 Å². The number of hydrogen-bond donors (Lipinski definition) is 1. The molecule has 0 spiro atoms. The number of ether oxygens (including phenoxy) is 1. The van der Waals surface area contributed by atoms with E-state index in [0.717, 1.165) is 32.7 Å². The lowest BCUT2D eigenvalue weighted by molar-refractivity contribution is 0.0955. The topological polar surface area (TPSA) is 55.6 Å². The summed E-state index contributed by atoms with van der Waals surface area (Å²) in [6.45, 7) is 4.56. The second-order valence-electron chi connectivity index (χ2n) is 7.65. The molecular weight excluding hydrogens is 478 g/mol. The van der Waals surface area contributed by atoms with E-state index in [9.17, 15) is 4.79 Å². The third kappa shape index (κ3) is 5.59. The lowest BCUT2D eigenvalue weighted by Crippen LogP contribution is -2.17. The summed E-state index contributed by atoms with van der Waals surface area (Å²) in [7, 11) is 0. The summed E-state index contributed by atoms with van der Waals surface area (Å²) in [5.74, 6) is 0.423. The van der Waals surface area contributed by atoms with Crippen LogP contribution in [0.3, 0.4) is 0 Å². The summed E-state index contributed by atoms with van der Waals surface area (Å²) in [6.07, 6.45) is 1.59. The van der Waals surface area contributed by atoms with Crippen molar-refractivity contribution in [1.29, 1.82) is 0 Å². The molecule has 0 atom stereocenters. The normalized spacial score (nSPS) is 11.0. The van der Waals surface area contributed by atoms with Crippen molar-refractivity contribution in [3.05, 3.63) is 117 Å². The van der Waals surface area contributed by atoms with Gasteiger partial charge in [-0.25, -0.2) is 5.43 Å². The van der Waals surface area contributed by atoms with Gasteiger partial charge < -0.3 is 9.30 Å². The van der Waals surface area contributed by atoms with Crippen LogP contribution in [-0.4, -0.2) is 16.7 Å². The highest BCUT2D eigenvalue weighted by molar-refractivity contribution is 9.10. The lowest BCUT2D eigenvalue weighted by Gasteiger charge is -2.10. The van der Waals surface area contributed by atoms with Crippen molar-refractivity contribution >= 4 is 28.1 Å². The van der Waals surface area contributed by atoms with Gasteiger partial charge in [0.05, 0.1) is 6.21 Å². The van der Waals surface area contributed by atoms with E-state index in [-0.39, 0.29) is 5.91 Å². The molecule has 166 valence electrons. The summed E-state index contributed by atoms with van der Waals surface area (Å²) in [4.78, 5) is 12.5. The van der Waals surface area contributed by atoms with Crippen LogP contribution >= 0.6 is 15.9 Å². The molecule has 6 heteroatoms. The van der Waals surface area contributed by atoms with Gasteiger partial charge in [-0.05, 0) is 80.1 Å². The van der Waals surface area contributed by atoms with E-state index in [4.69, 9.17) is 4.74 Å². The van der Waals surface area contributed by atoms with Gasteiger partial charge in [0.1, 0.15) is 12.4 Å². The number of aryl methyl sites for hydroxylation is 2. The minimum absolute atomic E-state index is 0.271. The second-order valence-corrected chi connectivity index (χ2v) is 8.57. The summed E-state index contributed by atoms with van der Waals surface area (Å²) in [5.41, 5.74) is 8.30. The summed E-state index contributed by atoms with van der Waals surface area (Å²) >= 11 is 3.43. The highest BCUT2D eigenvalue weighted by atomic mass is 79.9. The second kappa shape index (κ2) is 10.3. The first-order valence-corrected chi connectivity index (χ1v) is 11.4. The molecule has 3 aromatic carbocycles. The van der Waals surface area contributed by atoms with Crippen LogP contribution in [0.1, 0.15) is 32.9 Å². The van der Waals surface area contributed by atoms with Gasteiger partial charge in [-0.2, -0.15) is 5.10 Å². The maximum Gasteiger partial charge on any atom is 0.271 e. The fourth-order valence-electron chi connectivity index (χ4n) is 3.52. The Bertz CT molecular complexity index is 1260. The quantitative estimate of drug-likeness (QED) is 0.242. The smallest absolute Gasteiger partial charge is 0.271 e. The number of halogens is 1. The van der Waals surface area contributed by atoms with Crippen molar-refractivity contribution < 1.29 is 9.53 Å². The highest BCUT2D eigenvalue weighted by Gasteiger charge is 2.08. The zero-order valence-electron chi connectivity index (χ0n) is 18.5. The molecule has 0 radical (unpaired) electrons. The van der Waals surface area contributed by atoms with E-state index in [1.54, 1.807) is 18.3 Å². The summed E-state index contributed by atoms with van der Waals surface area (Å²) in [6, 6.07) is 27.2. The first-order chi connectivity index (χ1) is 16.0. The number of carbonyl (C=O) groups excluding carboxylic acids is 1. The molecule has 4 rings (SSSR count). The van der Waals surface area contributed by atoms with Crippen molar-refractivity contribution in [3.8, 4) is 11.4 Å². The number of nitrogens with zero attached hydrogens (tertiary/aromatic N) is 2. The van der Waals surface area contributed by atoms with Gasteiger partial charge in [0, 0.05) is 32.7 Å². The largest absolute Gasteiger partial charge is 0.488 e. The van der Waals surface area contributed by atoms with Crippen LogP contribution in [0.2, 0.25) is 0 Å². The molecule has 0 aliphatic carbocycles. The van der Waals surface area contributed by atoms with E-state index in [1.165, 1.54) is 0 Å². The van der Waals surface area contributed by atoms with Gasteiger partial charge in [-0.15, -0.1) is 0 Å². The van der Waals surface area contributed by atoms with E-state index in [2.05, 4.69) is 57.0 Å². The number of benzene rings is 3. The van der Waals surface area contributed by atoms with E-state index >= 15 is 0 Å². The van der Waals surface area contributed by atoms with E-state index in [1.807, 2.05) is 60.7 Å². The molecule has 0 unspecified atom stereocenters. The monoisotopic (exact) mass is 501 g/mol. The van der Waals surface area contributed by atoms with Crippen LogP contribution in [-0.2, 0) is 6.61 Å². The summed E-state index contributed by atoms with van der Waals surface area (Å²) < 4.78 is 9.12. The van der Waals surface area contributed by atoms with Gasteiger partial charge in [-0.1, -0.05) is 40.2 Å². The van der Waals surface area contributed by atoms with Crippen LogP contribution < -0.4 is 10.2 Å². The zero-order valence-corrected chi connectivity index (χ0v) is 20.0. The first-order valence-electron chi connectivity index (χ1n) is 10.6. The molecule has 4 aromatic rings. The first kappa shape index (κ1) is 22.6. The maximum absolute atomic E-state index is 12.5. The standard InChI is InChI=1S/C27H24BrN3O2/c1-19-7-8-20(2)31(19)25-15-11-22(12-16-25)27(32)30-29-17-23-5-3-4-6-26(23)33-18-21-9-13-24(28)14-10-21/h3-17H,18H2,1-2H3,(H,30,32)/b29-17+. The Kier molecular flexibility index (Phi) is 7.05. The Labute approximate surface area is 201 Å². The molecule has 1 aromatic heterocycles. The number of para-hydroxylation sites is 1. The average molecular weight is 502 g/mol. The van der Waals surface area contributed by atoms with Gasteiger partial charge in [-0.3, -0.25) is 4.79 Å². The number of nitrogens with one attached hydrogen (secondary N) is 1. The number of hydrogen-bond acceptors (Lipinski definition) is 3. The fourth-order valence-corrected chi connectivity index (χ4v) is 3.79. The van der Waals surface area contributed by atoms with E-state index < -0.39 is 0 Å². The number of carbonyl (C=O) groups is 1. The predicted molar refractivity (Wildman–Crippen MR) is 135 cm³/mol. The van der Waals surface area contributed by atoms with Gasteiger partial charge in [0.2, 0.25) is 0 Å². The molecule has 1 N–H and O–H groups in total. The Morgan fingerprint density at radius 3 is 2.30 bits per heavy atom. The Morgan fingerprint density at radius 2 is 1.61 bits per heavy atom. The minimum Gasteiger partial charge on any atom is -0.488 e. The fraction of sp³-hybridized carbons (Fsp3) is 0.111. The predicted octanol–water partition coefficient (Wildman–Crippen LogP) is 6.20. The Morgan fingerprint density at radius 1 is 0.939 bits per heavy atom. The van der Waals surface area contributed by atoms with Crippen LogP contribution in [0.4, 0.5) is 0 Å². The molecule has 33 heavy (non-hydrogen) atoms. The Hall–Kier alpha value is -3.64. The van der Waals surface area contributed by atoms with Gasteiger partial charge in [0.25, 0.3) is 5.91 Å². The van der Waals surface area contributed by atoms with Crippen molar-refractivity contribution in [2.45, 2.75) is 20.5 Å². The van der Waals surface area contributed by atoms with Crippen molar-refractivity contribution in [1.82, 2.24) is 9.99 Å². The number of hydrazone groups is 1. The molecular formula is C27H24BrN3O2. The Balaban J connectivity index is 1.39. The molecule has 5 nitrogen and oxygen atoms in total. The van der Waals surface area contributed by atoms with Gasteiger partial charge in [0.15, 0.2) is 0 Å². The molecule has 0 aliphatic rings. The van der Waals surface area contributed by atoms with E-state index in [0.29, 0.717) is 17.9 Å². The van der Waals surface area contributed by atoms with Gasteiger partial charge >= 0.3 is 0 Å². The molecule has 0 fully saturated rings. The lowest BCUT2D eigenvalue weighted by atomic mass is 10.2.